The van der Waals surface area contributed by atoms with Crippen LogP contribution in [0.3, 0.4) is 0 Å². The Balaban J connectivity index is 1.50. The number of non-ortho nitro benzene ring substituents is 1. The Morgan fingerprint density at radius 1 is 1.15 bits per heavy atom. The second kappa shape index (κ2) is 10.5. The average molecular weight is 462 g/mol. The summed E-state index contributed by atoms with van der Waals surface area (Å²) in [7, 11) is 0. The lowest BCUT2D eigenvalue weighted by atomic mass is 10.1. The van der Waals surface area contributed by atoms with Gasteiger partial charge in [-0.25, -0.2) is 0 Å². The molecule has 174 valence electrons. The molecule has 0 saturated heterocycles. The number of ether oxygens (including phenoxy) is 4. The molecular weight excluding hydrogens is 440 g/mol. The fourth-order valence-electron chi connectivity index (χ4n) is 3.36. The second-order valence-corrected chi connectivity index (χ2v) is 7.22. The van der Waals surface area contributed by atoms with Crippen LogP contribution in [0.5, 0.6) is 23.0 Å². The molecule has 1 heterocycles. The molecule has 0 fully saturated rings. The molecular formula is C25H22N2O7. The predicted molar refractivity (Wildman–Crippen MR) is 125 cm³/mol. The number of fused-ring (bicyclic) bond motifs is 1. The largest absolute Gasteiger partial charge is 0.494 e. The van der Waals surface area contributed by atoms with E-state index in [1.165, 1.54) is 24.3 Å². The molecule has 1 aliphatic rings. The Morgan fingerprint density at radius 3 is 2.68 bits per heavy atom. The van der Waals surface area contributed by atoms with Gasteiger partial charge in [-0.05, 0) is 49.4 Å². The zero-order valence-electron chi connectivity index (χ0n) is 18.4. The number of nitrogens with zero attached hydrogens (tertiary/aromatic N) is 1. The quantitative estimate of drug-likeness (QED) is 0.275. The number of carbonyl (C=O) groups is 1. The number of amides is 1. The van der Waals surface area contributed by atoms with Crippen LogP contribution in [0.15, 0.2) is 66.7 Å². The van der Waals surface area contributed by atoms with E-state index in [2.05, 4.69) is 5.32 Å². The van der Waals surface area contributed by atoms with Crippen molar-refractivity contribution < 1.29 is 28.7 Å². The summed E-state index contributed by atoms with van der Waals surface area (Å²) in [6.07, 6.45) is 2.76. The normalized spacial score (nSPS) is 12.5. The summed E-state index contributed by atoms with van der Waals surface area (Å²) in [6.45, 7) is 2.71. The molecule has 34 heavy (non-hydrogen) atoms. The van der Waals surface area contributed by atoms with Crippen LogP contribution in [0.2, 0.25) is 0 Å². The maximum absolute atomic E-state index is 12.6. The van der Waals surface area contributed by atoms with Crippen molar-refractivity contribution in [1.29, 1.82) is 0 Å². The fraction of sp³-hybridized carbons (Fsp3) is 0.160. The van der Waals surface area contributed by atoms with Gasteiger partial charge < -0.3 is 24.3 Å². The van der Waals surface area contributed by atoms with Crippen molar-refractivity contribution in [3.8, 4) is 23.0 Å². The third-order valence-electron chi connectivity index (χ3n) is 4.86. The predicted octanol–water partition coefficient (Wildman–Crippen LogP) is 5.30. The first kappa shape index (κ1) is 22.8. The van der Waals surface area contributed by atoms with E-state index in [0.29, 0.717) is 40.7 Å². The summed E-state index contributed by atoms with van der Waals surface area (Å²) in [4.78, 5) is 23.4. The molecule has 0 atom stereocenters. The molecule has 0 spiro atoms. The van der Waals surface area contributed by atoms with E-state index in [1.54, 1.807) is 48.5 Å². The second-order valence-electron chi connectivity index (χ2n) is 7.22. The van der Waals surface area contributed by atoms with E-state index in [1.807, 2.05) is 6.92 Å². The number of nitrogens with one attached hydrogen (secondary N) is 1. The van der Waals surface area contributed by atoms with E-state index in [9.17, 15) is 14.9 Å². The van der Waals surface area contributed by atoms with Gasteiger partial charge in [0.1, 0.15) is 17.2 Å². The van der Waals surface area contributed by atoms with Crippen LogP contribution in [0.1, 0.15) is 18.1 Å². The van der Waals surface area contributed by atoms with Gasteiger partial charge >= 0.3 is 0 Å². The monoisotopic (exact) mass is 462 g/mol. The zero-order valence-corrected chi connectivity index (χ0v) is 18.4. The first-order valence-corrected chi connectivity index (χ1v) is 10.5. The highest BCUT2D eigenvalue weighted by atomic mass is 16.7. The van der Waals surface area contributed by atoms with Crippen LogP contribution in [0.25, 0.3) is 6.08 Å². The number of anilines is 1. The number of benzene rings is 3. The summed E-state index contributed by atoms with van der Waals surface area (Å²) < 4.78 is 22.0. The highest BCUT2D eigenvalue weighted by Gasteiger charge is 2.20. The summed E-state index contributed by atoms with van der Waals surface area (Å²) in [5.74, 6) is 1.81. The molecule has 0 aliphatic carbocycles. The summed E-state index contributed by atoms with van der Waals surface area (Å²) >= 11 is 0. The molecule has 3 aromatic carbocycles. The minimum atomic E-state index is -0.499. The minimum absolute atomic E-state index is 0.0358. The molecule has 9 nitrogen and oxygen atoms in total. The zero-order chi connectivity index (χ0) is 23.9. The summed E-state index contributed by atoms with van der Waals surface area (Å²) in [5, 5.41) is 14.0. The van der Waals surface area contributed by atoms with Crippen molar-refractivity contribution in [2.75, 3.05) is 18.7 Å². The number of hydrogen-bond donors (Lipinski definition) is 1. The fourth-order valence-corrected chi connectivity index (χ4v) is 3.36. The lowest BCUT2D eigenvalue weighted by Crippen LogP contribution is -2.13. The standard InChI is InChI=1S/C25H22N2O7/c1-2-32-20-8-10-21(11-9-20)34-23-6-4-3-5-22(23)26-24(28)12-7-17-13-19(27(29)30)14-18-15-31-16-33-25(17)18/h3-14H,2,15-16H2,1H3,(H,26,28)/b12-7+. The van der Waals surface area contributed by atoms with Gasteiger partial charge in [0.15, 0.2) is 12.5 Å². The molecule has 1 aliphatic heterocycles. The lowest BCUT2D eigenvalue weighted by Gasteiger charge is -2.19. The van der Waals surface area contributed by atoms with Gasteiger partial charge in [0, 0.05) is 29.3 Å². The maximum Gasteiger partial charge on any atom is 0.270 e. The Bertz CT molecular complexity index is 1220. The molecule has 0 saturated carbocycles. The van der Waals surface area contributed by atoms with E-state index in [-0.39, 0.29) is 19.1 Å². The Morgan fingerprint density at radius 2 is 1.91 bits per heavy atom. The van der Waals surface area contributed by atoms with E-state index < -0.39 is 10.8 Å². The molecule has 9 heteroatoms. The first-order valence-electron chi connectivity index (χ1n) is 10.5. The molecule has 1 amide bonds. The number of nitro benzene ring substituents is 1. The molecule has 1 N–H and O–H groups in total. The molecule has 0 aromatic heterocycles. The molecule has 4 rings (SSSR count). The molecule has 3 aromatic rings. The van der Waals surface area contributed by atoms with Gasteiger partial charge in [0.25, 0.3) is 5.69 Å². The van der Waals surface area contributed by atoms with Gasteiger partial charge in [-0.15, -0.1) is 0 Å². The Kier molecular flexibility index (Phi) is 7.04. The summed E-state index contributed by atoms with van der Waals surface area (Å²) in [6, 6.07) is 16.9. The van der Waals surface area contributed by atoms with Crippen molar-refractivity contribution in [1.82, 2.24) is 0 Å². The van der Waals surface area contributed by atoms with Crippen LogP contribution >= 0.6 is 0 Å². The van der Waals surface area contributed by atoms with Gasteiger partial charge in [0.05, 0.1) is 23.8 Å². The van der Waals surface area contributed by atoms with Gasteiger partial charge in [-0.2, -0.15) is 0 Å². The summed E-state index contributed by atoms with van der Waals surface area (Å²) in [5.41, 5.74) is 1.33. The van der Waals surface area contributed by atoms with Crippen LogP contribution in [-0.2, 0) is 16.1 Å². The highest BCUT2D eigenvalue weighted by molar-refractivity contribution is 6.03. The molecule has 0 radical (unpaired) electrons. The van der Waals surface area contributed by atoms with Crippen LogP contribution < -0.4 is 19.5 Å². The molecule has 0 unspecified atom stereocenters. The number of rotatable bonds is 8. The topological polar surface area (TPSA) is 109 Å². The SMILES string of the molecule is CCOc1ccc(Oc2ccccc2NC(=O)/C=C/c2cc([N+](=O)[O-])cc3c2OCOC3)cc1. The highest BCUT2D eigenvalue weighted by Crippen LogP contribution is 2.34. The number of hydrogen-bond acceptors (Lipinski definition) is 7. The lowest BCUT2D eigenvalue weighted by molar-refractivity contribution is -0.385. The van der Waals surface area contributed by atoms with Crippen LogP contribution in [0, 0.1) is 10.1 Å². The number of nitro groups is 1. The van der Waals surface area contributed by atoms with E-state index in [4.69, 9.17) is 18.9 Å². The van der Waals surface area contributed by atoms with Crippen molar-refractivity contribution in [2.45, 2.75) is 13.5 Å². The Labute approximate surface area is 195 Å². The third kappa shape index (κ3) is 5.51. The minimum Gasteiger partial charge on any atom is -0.494 e. The van der Waals surface area contributed by atoms with Crippen molar-refractivity contribution in [2.24, 2.45) is 0 Å². The number of para-hydroxylation sites is 2. The van der Waals surface area contributed by atoms with Crippen molar-refractivity contribution >= 4 is 23.4 Å². The van der Waals surface area contributed by atoms with Crippen LogP contribution in [0.4, 0.5) is 11.4 Å². The smallest absolute Gasteiger partial charge is 0.270 e. The van der Waals surface area contributed by atoms with Gasteiger partial charge in [-0.1, -0.05) is 12.1 Å². The van der Waals surface area contributed by atoms with Crippen molar-refractivity contribution in [3.63, 3.8) is 0 Å². The van der Waals surface area contributed by atoms with Crippen LogP contribution in [-0.4, -0.2) is 24.2 Å². The van der Waals surface area contributed by atoms with Crippen molar-refractivity contribution in [3.05, 3.63) is 88.0 Å². The third-order valence-corrected chi connectivity index (χ3v) is 4.86. The number of carbonyl (C=O) groups excluding carboxylic acids is 1. The van der Waals surface area contributed by atoms with E-state index >= 15 is 0 Å². The van der Waals surface area contributed by atoms with Gasteiger partial charge in [0.2, 0.25) is 5.91 Å². The molecule has 0 bridgehead atoms. The Hall–Kier alpha value is -4.37. The van der Waals surface area contributed by atoms with E-state index in [0.717, 1.165) is 5.75 Å². The maximum atomic E-state index is 12.6. The average Bonchev–Trinajstić information content (AvgIpc) is 2.85. The first-order chi connectivity index (χ1) is 16.5. The van der Waals surface area contributed by atoms with Gasteiger partial charge in [-0.3, -0.25) is 14.9 Å².